The number of nitrogens with one attached hydrogen (secondary N) is 1. The summed E-state index contributed by atoms with van der Waals surface area (Å²) in [4.78, 5) is 11.8. The van der Waals surface area contributed by atoms with Crippen LogP contribution in [0, 0.1) is 0 Å². The molecule has 0 bridgehead atoms. The molecule has 1 N–H and O–H groups in total. The summed E-state index contributed by atoms with van der Waals surface area (Å²) in [5.41, 5.74) is 0. The molecule has 0 saturated carbocycles. The minimum Gasteiger partial charge on any atom is -0.486 e. The third-order valence-electron chi connectivity index (χ3n) is 3.28. The molecule has 6 heteroatoms. The summed E-state index contributed by atoms with van der Waals surface area (Å²) >= 11 is 5.79. The number of hydrogen-bond acceptors (Lipinski definition) is 4. The Morgan fingerprint density at radius 3 is 2.70 bits per heavy atom. The first-order valence-corrected chi connectivity index (χ1v) is 7.62. The van der Waals surface area contributed by atoms with Crippen LogP contribution >= 0.6 is 11.6 Å². The molecule has 1 atom stereocenters. The van der Waals surface area contributed by atoms with E-state index in [4.69, 9.17) is 25.8 Å². The van der Waals surface area contributed by atoms with Crippen LogP contribution in [0.4, 0.5) is 0 Å². The minimum atomic E-state index is -0.220. The third-order valence-corrected chi connectivity index (χ3v) is 3.53. The second kappa shape index (κ2) is 7.24. The van der Waals surface area contributed by atoms with E-state index >= 15 is 0 Å². The molecule has 1 aliphatic heterocycles. The van der Waals surface area contributed by atoms with Gasteiger partial charge in [0, 0.05) is 5.02 Å². The van der Waals surface area contributed by atoms with Crippen LogP contribution in [0.5, 0.6) is 17.2 Å². The average Bonchev–Trinajstić information content (AvgIpc) is 2.59. The number of para-hydroxylation sites is 2. The van der Waals surface area contributed by atoms with Crippen molar-refractivity contribution in [2.45, 2.75) is 6.10 Å². The van der Waals surface area contributed by atoms with Crippen LogP contribution in [0.3, 0.4) is 0 Å². The van der Waals surface area contributed by atoms with Gasteiger partial charge in [-0.25, -0.2) is 0 Å². The number of carbonyl (C=O) groups is 1. The Bertz CT molecular complexity index is 675. The predicted molar refractivity (Wildman–Crippen MR) is 86.3 cm³/mol. The fraction of sp³-hybridized carbons (Fsp3) is 0.235. The molecular formula is C17H16ClNO4. The van der Waals surface area contributed by atoms with E-state index in [0.717, 1.165) is 5.75 Å². The molecule has 0 aromatic heterocycles. The van der Waals surface area contributed by atoms with Gasteiger partial charge in [0.05, 0.1) is 6.54 Å². The molecule has 1 amide bonds. The fourth-order valence-corrected chi connectivity index (χ4v) is 2.25. The van der Waals surface area contributed by atoms with Gasteiger partial charge in [0.15, 0.2) is 18.1 Å². The van der Waals surface area contributed by atoms with E-state index in [1.165, 1.54) is 0 Å². The highest BCUT2D eigenvalue weighted by molar-refractivity contribution is 6.30. The van der Waals surface area contributed by atoms with Crippen LogP contribution in [-0.2, 0) is 4.79 Å². The largest absolute Gasteiger partial charge is 0.486 e. The van der Waals surface area contributed by atoms with E-state index in [2.05, 4.69) is 5.32 Å². The van der Waals surface area contributed by atoms with E-state index in [1.807, 2.05) is 24.3 Å². The van der Waals surface area contributed by atoms with Crippen molar-refractivity contribution in [1.82, 2.24) is 5.32 Å². The first kappa shape index (κ1) is 15.5. The van der Waals surface area contributed by atoms with Gasteiger partial charge < -0.3 is 19.5 Å². The van der Waals surface area contributed by atoms with Gasteiger partial charge in [-0.1, -0.05) is 23.7 Å². The maximum atomic E-state index is 11.8. The van der Waals surface area contributed by atoms with Gasteiger partial charge in [-0.05, 0) is 36.4 Å². The smallest absolute Gasteiger partial charge is 0.258 e. The Labute approximate surface area is 139 Å². The van der Waals surface area contributed by atoms with Gasteiger partial charge in [-0.15, -0.1) is 0 Å². The van der Waals surface area contributed by atoms with E-state index < -0.39 is 0 Å². The van der Waals surface area contributed by atoms with Crippen molar-refractivity contribution < 1.29 is 19.0 Å². The minimum absolute atomic E-state index is 0.0637. The maximum absolute atomic E-state index is 11.8. The van der Waals surface area contributed by atoms with Crippen molar-refractivity contribution in [2.75, 3.05) is 19.8 Å². The van der Waals surface area contributed by atoms with Crippen LogP contribution in [0.25, 0.3) is 0 Å². The number of benzene rings is 2. The lowest BCUT2D eigenvalue weighted by atomic mass is 10.2. The Balaban J connectivity index is 1.42. The normalized spacial score (nSPS) is 15.8. The summed E-state index contributed by atoms with van der Waals surface area (Å²) < 4.78 is 16.7. The van der Waals surface area contributed by atoms with Gasteiger partial charge in [-0.3, -0.25) is 4.79 Å². The first-order chi connectivity index (χ1) is 11.2. The van der Waals surface area contributed by atoms with Crippen molar-refractivity contribution in [3.8, 4) is 17.2 Å². The summed E-state index contributed by atoms with van der Waals surface area (Å²) in [7, 11) is 0. The zero-order valence-electron chi connectivity index (χ0n) is 12.3. The van der Waals surface area contributed by atoms with Gasteiger partial charge >= 0.3 is 0 Å². The Hall–Kier alpha value is -2.40. The molecule has 2 aromatic carbocycles. The summed E-state index contributed by atoms with van der Waals surface area (Å²) in [5, 5.41) is 3.39. The Kier molecular flexibility index (Phi) is 4.88. The number of rotatable bonds is 5. The molecule has 0 radical (unpaired) electrons. The van der Waals surface area contributed by atoms with Gasteiger partial charge in [0.1, 0.15) is 18.5 Å². The summed E-state index contributed by atoms with van der Waals surface area (Å²) in [5.74, 6) is 1.79. The zero-order valence-corrected chi connectivity index (χ0v) is 13.1. The second-order valence-corrected chi connectivity index (χ2v) is 5.48. The van der Waals surface area contributed by atoms with Crippen LogP contribution in [0.1, 0.15) is 0 Å². The Morgan fingerprint density at radius 2 is 1.91 bits per heavy atom. The van der Waals surface area contributed by atoms with Crippen LogP contribution in [0.15, 0.2) is 48.5 Å². The molecule has 0 spiro atoms. The van der Waals surface area contributed by atoms with Crippen molar-refractivity contribution in [1.29, 1.82) is 0 Å². The third kappa shape index (κ3) is 4.29. The molecule has 0 fully saturated rings. The molecule has 23 heavy (non-hydrogen) atoms. The number of halogens is 1. The molecule has 3 rings (SSSR count). The predicted octanol–water partition coefficient (Wildman–Crippen LogP) is 2.68. The first-order valence-electron chi connectivity index (χ1n) is 7.24. The maximum Gasteiger partial charge on any atom is 0.258 e. The lowest BCUT2D eigenvalue weighted by Crippen LogP contribution is -2.42. The average molecular weight is 334 g/mol. The summed E-state index contributed by atoms with van der Waals surface area (Å²) in [6.45, 7) is 0.693. The second-order valence-electron chi connectivity index (χ2n) is 5.04. The van der Waals surface area contributed by atoms with Crippen molar-refractivity contribution in [3.63, 3.8) is 0 Å². The fourth-order valence-electron chi connectivity index (χ4n) is 2.12. The SMILES string of the molecule is O=C(COc1ccc(Cl)cc1)NC[C@@H]1COc2ccccc2O1. The van der Waals surface area contributed by atoms with Gasteiger partial charge in [0.25, 0.3) is 5.91 Å². The molecule has 120 valence electrons. The zero-order chi connectivity index (χ0) is 16.1. The van der Waals surface area contributed by atoms with Crippen molar-refractivity contribution in [2.24, 2.45) is 0 Å². The molecular weight excluding hydrogens is 318 g/mol. The molecule has 1 heterocycles. The number of carbonyl (C=O) groups excluding carboxylic acids is 1. The molecule has 1 aliphatic rings. The van der Waals surface area contributed by atoms with E-state index in [0.29, 0.717) is 29.7 Å². The Morgan fingerprint density at radius 1 is 1.17 bits per heavy atom. The number of fused-ring (bicyclic) bond motifs is 1. The highest BCUT2D eigenvalue weighted by Gasteiger charge is 2.20. The standard InChI is InChI=1S/C17H16ClNO4/c18-12-5-7-13(8-6-12)21-11-17(20)19-9-14-10-22-15-3-1-2-4-16(15)23-14/h1-8,14H,9-11H2,(H,19,20)/t14-/m1/s1. The lowest BCUT2D eigenvalue weighted by molar-refractivity contribution is -0.123. The summed E-state index contributed by atoms with van der Waals surface area (Å²) in [6.07, 6.45) is -0.218. The topological polar surface area (TPSA) is 56.8 Å². The number of amides is 1. The van der Waals surface area contributed by atoms with E-state index in [1.54, 1.807) is 24.3 Å². The quantitative estimate of drug-likeness (QED) is 0.914. The van der Waals surface area contributed by atoms with Crippen LogP contribution < -0.4 is 19.5 Å². The van der Waals surface area contributed by atoms with Crippen LogP contribution in [-0.4, -0.2) is 31.8 Å². The van der Waals surface area contributed by atoms with Crippen LogP contribution in [0.2, 0.25) is 5.02 Å². The highest BCUT2D eigenvalue weighted by atomic mass is 35.5. The highest BCUT2D eigenvalue weighted by Crippen LogP contribution is 2.30. The summed E-state index contributed by atoms with van der Waals surface area (Å²) in [6, 6.07) is 14.3. The van der Waals surface area contributed by atoms with E-state index in [-0.39, 0.29) is 18.6 Å². The van der Waals surface area contributed by atoms with Crippen molar-refractivity contribution >= 4 is 17.5 Å². The van der Waals surface area contributed by atoms with Crippen molar-refractivity contribution in [3.05, 3.63) is 53.6 Å². The molecule has 5 nitrogen and oxygen atoms in total. The molecule has 0 aliphatic carbocycles. The van der Waals surface area contributed by atoms with E-state index in [9.17, 15) is 4.79 Å². The lowest BCUT2D eigenvalue weighted by Gasteiger charge is -2.26. The molecule has 0 unspecified atom stereocenters. The monoisotopic (exact) mass is 333 g/mol. The number of hydrogen-bond donors (Lipinski definition) is 1. The van der Waals surface area contributed by atoms with Gasteiger partial charge in [-0.2, -0.15) is 0 Å². The molecule has 2 aromatic rings. The van der Waals surface area contributed by atoms with Gasteiger partial charge in [0.2, 0.25) is 0 Å². The molecule has 0 saturated heterocycles. The number of ether oxygens (including phenoxy) is 3.